The number of carbonyl (C=O) groups excluding carboxylic acids is 3. The van der Waals surface area contributed by atoms with Gasteiger partial charge < -0.3 is 10.5 Å². The third-order valence-corrected chi connectivity index (χ3v) is 3.66. The number of halogens is 1. The number of nitrogens with one attached hydrogen (secondary N) is 2. The molecule has 9 heteroatoms. The van der Waals surface area contributed by atoms with Crippen molar-refractivity contribution < 1.29 is 19.1 Å². The average molecular weight is 346 g/mol. The number of amides is 3. The lowest BCUT2D eigenvalue weighted by Crippen LogP contribution is -2.41. The van der Waals surface area contributed by atoms with Crippen LogP contribution in [-0.2, 0) is 9.59 Å². The lowest BCUT2D eigenvalue weighted by molar-refractivity contribution is -0.121. The van der Waals surface area contributed by atoms with Crippen molar-refractivity contribution in [1.29, 1.82) is 0 Å². The normalized spacial score (nSPS) is 9.91. The number of methoxy groups -OCH3 is 1. The van der Waals surface area contributed by atoms with E-state index < -0.39 is 11.8 Å². The number of rotatable bonds is 7. The summed E-state index contributed by atoms with van der Waals surface area (Å²) in [6.45, 7) is 0. The SMILES string of the molecule is COc1ccc(Cl)cc1C(=O)NNC(=O)CCSCC(N)=O. The summed E-state index contributed by atoms with van der Waals surface area (Å²) in [5.41, 5.74) is 9.72. The van der Waals surface area contributed by atoms with Gasteiger partial charge in [-0.1, -0.05) is 11.6 Å². The van der Waals surface area contributed by atoms with Gasteiger partial charge in [0.05, 0.1) is 18.4 Å². The van der Waals surface area contributed by atoms with Crippen molar-refractivity contribution in [2.75, 3.05) is 18.6 Å². The molecular weight excluding hydrogens is 330 g/mol. The number of benzene rings is 1. The number of nitrogens with two attached hydrogens (primary N) is 1. The second kappa shape index (κ2) is 9.16. The smallest absolute Gasteiger partial charge is 0.273 e. The average Bonchev–Trinajstić information content (AvgIpc) is 2.49. The maximum absolute atomic E-state index is 12.0. The lowest BCUT2D eigenvalue weighted by atomic mass is 10.2. The van der Waals surface area contributed by atoms with E-state index in [0.717, 1.165) is 0 Å². The molecule has 120 valence electrons. The largest absolute Gasteiger partial charge is 0.496 e. The Morgan fingerprint density at radius 2 is 2.05 bits per heavy atom. The highest BCUT2D eigenvalue weighted by molar-refractivity contribution is 7.99. The Morgan fingerprint density at radius 1 is 1.32 bits per heavy atom. The van der Waals surface area contributed by atoms with E-state index in [1.807, 2.05) is 0 Å². The van der Waals surface area contributed by atoms with Crippen LogP contribution >= 0.6 is 23.4 Å². The Bertz CT molecular complexity index is 568. The summed E-state index contributed by atoms with van der Waals surface area (Å²) in [4.78, 5) is 34.0. The minimum atomic E-state index is -0.544. The van der Waals surface area contributed by atoms with Crippen molar-refractivity contribution in [1.82, 2.24) is 10.9 Å². The predicted octanol–water partition coefficient (Wildman–Crippen LogP) is 0.718. The van der Waals surface area contributed by atoms with Gasteiger partial charge in [-0.15, -0.1) is 0 Å². The number of primary amides is 1. The lowest BCUT2D eigenvalue weighted by Gasteiger charge is -2.10. The first-order chi connectivity index (χ1) is 10.4. The summed E-state index contributed by atoms with van der Waals surface area (Å²) in [5, 5.41) is 0.375. The van der Waals surface area contributed by atoms with Crippen molar-refractivity contribution in [3.63, 3.8) is 0 Å². The summed E-state index contributed by atoms with van der Waals surface area (Å²) in [7, 11) is 1.43. The maximum atomic E-state index is 12.0. The molecule has 1 rings (SSSR count). The van der Waals surface area contributed by atoms with E-state index in [4.69, 9.17) is 22.1 Å². The Kier molecular flexibility index (Phi) is 7.55. The second-order valence-electron chi connectivity index (χ2n) is 4.12. The predicted molar refractivity (Wildman–Crippen MR) is 84.7 cm³/mol. The third-order valence-electron chi connectivity index (χ3n) is 2.44. The molecule has 0 saturated carbocycles. The van der Waals surface area contributed by atoms with Crippen LogP contribution in [0.5, 0.6) is 5.75 Å². The van der Waals surface area contributed by atoms with Crippen LogP contribution in [0.4, 0.5) is 0 Å². The highest BCUT2D eigenvalue weighted by atomic mass is 35.5. The number of hydrogen-bond acceptors (Lipinski definition) is 5. The molecule has 1 aromatic carbocycles. The first-order valence-corrected chi connectivity index (χ1v) is 7.76. The minimum absolute atomic E-state index is 0.144. The number of ether oxygens (including phenoxy) is 1. The molecule has 0 aliphatic carbocycles. The molecule has 4 N–H and O–H groups in total. The Labute approximate surface area is 136 Å². The van der Waals surface area contributed by atoms with Gasteiger partial charge in [0.1, 0.15) is 5.75 Å². The monoisotopic (exact) mass is 345 g/mol. The van der Waals surface area contributed by atoms with Crippen LogP contribution in [0.2, 0.25) is 5.02 Å². The van der Waals surface area contributed by atoms with Gasteiger partial charge in [0.15, 0.2) is 0 Å². The van der Waals surface area contributed by atoms with Crippen molar-refractivity contribution in [3.8, 4) is 5.75 Å². The number of hydrazine groups is 1. The zero-order valence-corrected chi connectivity index (χ0v) is 13.4. The fourth-order valence-corrected chi connectivity index (χ4v) is 2.30. The molecule has 0 aromatic heterocycles. The molecule has 0 aliphatic heterocycles. The molecule has 0 unspecified atom stereocenters. The van der Waals surface area contributed by atoms with Crippen LogP contribution in [0.3, 0.4) is 0 Å². The highest BCUT2D eigenvalue weighted by Gasteiger charge is 2.13. The highest BCUT2D eigenvalue weighted by Crippen LogP contribution is 2.22. The molecule has 1 aromatic rings. The van der Waals surface area contributed by atoms with E-state index in [1.54, 1.807) is 12.1 Å². The van der Waals surface area contributed by atoms with Crippen LogP contribution in [0.1, 0.15) is 16.8 Å². The third kappa shape index (κ3) is 6.23. The molecule has 0 atom stereocenters. The number of carbonyl (C=O) groups is 3. The quantitative estimate of drug-likeness (QED) is 0.498. The summed E-state index contributed by atoms with van der Waals surface area (Å²) < 4.78 is 5.05. The van der Waals surface area contributed by atoms with Crippen molar-refractivity contribution in [2.45, 2.75) is 6.42 Å². The summed E-state index contributed by atoms with van der Waals surface area (Å²) in [6, 6.07) is 4.58. The molecule has 0 saturated heterocycles. The van der Waals surface area contributed by atoms with E-state index in [0.29, 0.717) is 16.5 Å². The molecular formula is C13H16ClN3O4S. The van der Waals surface area contributed by atoms with Crippen LogP contribution < -0.4 is 21.3 Å². The van der Waals surface area contributed by atoms with Gasteiger partial charge in [-0.05, 0) is 18.2 Å². The molecule has 0 aliphatic rings. The van der Waals surface area contributed by atoms with Gasteiger partial charge in [-0.2, -0.15) is 11.8 Å². The van der Waals surface area contributed by atoms with E-state index in [2.05, 4.69) is 10.9 Å². The summed E-state index contributed by atoms with van der Waals surface area (Å²) >= 11 is 7.07. The van der Waals surface area contributed by atoms with Crippen LogP contribution in [0.15, 0.2) is 18.2 Å². The van der Waals surface area contributed by atoms with Gasteiger partial charge in [0, 0.05) is 17.2 Å². The Balaban J connectivity index is 2.44. The number of hydrogen-bond donors (Lipinski definition) is 3. The minimum Gasteiger partial charge on any atom is -0.496 e. The van der Waals surface area contributed by atoms with Gasteiger partial charge in [0.25, 0.3) is 5.91 Å². The molecule has 0 spiro atoms. The molecule has 3 amide bonds. The van der Waals surface area contributed by atoms with Crippen molar-refractivity contribution in [3.05, 3.63) is 28.8 Å². The zero-order chi connectivity index (χ0) is 16.5. The van der Waals surface area contributed by atoms with E-state index in [-0.39, 0.29) is 23.6 Å². The first kappa shape index (κ1) is 18.1. The topological polar surface area (TPSA) is 111 Å². The fraction of sp³-hybridized carbons (Fsp3) is 0.308. The van der Waals surface area contributed by atoms with E-state index >= 15 is 0 Å². The maximum Gasteiger partial charge on any atom is 0.273 e. The summed E-state index contributed by atoms with van der Waals surface area (Å²) in [6.07, 6.45) is 0.144. The van der Waals surface area contributed by atoms with E-state index in [1.165, 1.54) is 24.9 Å². The van der Waals surface area contributed by atoms with E-state index in [9.17, 15) is 14.4 Å². The Morgan fingerprint density at radius 3 is 2.68 bits per heavy atom. The molecule has 0 bridgehead atoms. The molecule has 22 heavy (non-hydrogen) atoms. The molecule has 0 radical (unpaired) electrons. The van der Waals surface area contributed by atoms with Gasteiger partial charge in [0.2, 0.25) is 11.8 Å². The molecule has 0 fully saturated rings. The van der Waals surface area contributed by atoms with Gasteiger partial charge in [-0.25, -0.2) is 0 Å². The molecule has 7 nitrogen and oxygen atoms in total. The van der Waals surface area contributed by atoms with Gasteiger partial charge >= 0.3 is 0 Å². The molecule has 0 heterocycles. The summed E-state index contributed by atoms with van der Waals surface area (Å²) in [5.74, 6) is -0.450. The van der Waals surface area contributed by atoms with Gasteiger partial charge in [-0.3, -0.25) is 25.2 Å². The van der Waals surface area contributed by atoms with Crippen molar-refractivity contribution in [2.24, 2.45) is 5.73 Å². The fourth-order valence-electron chi connectivity index (χ4n) is 1.45. The van der Waals surface area contributed by atoms with Crippen LogP contribution in [0, 0.1) is 0 Å². The standard InChI is InChI=1S/C13H16ClN3O4S/c1-21-10-3-2-8(14)6-9(10)13(20)17-16-12(19)4-5-22-7-11(15)18/h2-3,6H,4-5,7H2,1H3,(H2,15,18)(H,16,19)(H,17,20). The van der Waals surface area contributed by atoms with Crippen LogP contribution in [0.25, 0.3) is 0 Å². The number of thioether (sulfide) groups is 1. The van der Waals surface area contributed by atoms with Crippen LogP contribution in [-0.4, -0.2) is 36.3 Å². The van der Waals surface area contributed by atoms with Crippen molar-refractivity contribution >= 4 is 41.1 Å². The Hall–Kier alpha value is -1.93. The first-order valence-electron chi connectivity index (χ1n) is 6.22. The second-order valence-corrected chi connectivity index (χ2v) is 5.66. The zero-order valence-electron chi connectivity index (χ0n) is 11.8.